The summed E-state index contributed by atoms with van der Waals surface area (Å²) in [4.78, 5) is 22.5. The van der Waals surface area contributed by atoms with E-state index in [1.807, 2.05) is 16.8 Å². The Morgan fingerprint density at radius 3 is 2.84 bits per heavy atom. The number of aliphatic imine (C=N–C) groups is 1. The van der Waals surface area contributed by atoms with Crippen molar-refractivity contribution in [3.8, 4) is 0 Å². The van der Waals surface area contributed by atoms with Crippen molar-refractivity contribution in [2.45, 2.75) is 57.7 Å². The molecule has 32 heavy (non-hydrogen) atoms. The van der Waals surface area contributed by atoms with Crippen LogP contribution in [-0.4, -0.2) is 64.3 Å². The Morgan fingerprint density at radius 1 is 1.22 bits per heavy atom. The van der Waals surface area contributed by atoms with Crippen molar-refractivity contribution >= 4 is 11.7 Å². The van der Waals surface area contributed by atoms with Crippen LogP contribution in [0.1, 0.15) is 48.5 Å². The van der Waals surface area contributed by atoms with Gasteiger partial charge in [0.25, 0.3) is 5.91 Å². The number of benzene rings is 1. The van der Waals surface area contributed by atoms with E-state index in [-0.39, 0.29) is 29.8 Å². The molecule has 8 heteroatoms. The minimum atomic E-state index is -0.380. The highest BCUT2D eigenvalue weighted by Crippen LogP contribution is 2.30. The van der Waals surface area contributed by atoms with Crippen molar-refractivity contribution < 1.29 is 9.18 Å². The molecule has 1 aromatic carbocycles. The van der Waals surface area contributed by atoms with Crippen LogP contribution < -0.4 is 11.2 Å². The lowest BCUT2D eigenvalue weighted by Gasteiger charge is -2.39. The van der Waals surface area contributed by atoms with Gasteiger partial charge in [-0.25, -0.2) is 14.8 Å². The predicted molar refractivity (Wildman–Crippen MR) is 122 cm³/mol. The number of amidine groups is 1. The number of hydrogen-bond acceptors (Lipinski definition) is 6. The molecule has 3 atom stereocenters. The third-order valence-electron chi connectivity index (χ3n) is 6.94. The number of hydrogen-bond donors (Lipinski definition) is 2. The molecule has 7 nitrogen and oxygen atoms in total. The van der Waals surface area contributed by atoms with Gasteiger partial charge in [0.05, 0.1) is 12.1 Å². The number of amides is 1. The molecular formula is C24H31FN6O. The van der Waals surface area contributed by atoms with E-state index >= 15 is 0 Å². The van der Waals surface area contributed by atoms with Crippen molar-refractivity contribution in [1.29, 1.82) is 0 Å². The van der Waals surface area contributed by atoms with Crippen LogP contribution in [-0.2, 0) is 0 Å². The van der Waals surface area contributed by atoms with E-state index in [1.165, 1.54) is 12.1 Å². The van der Waals surface area contributed by atoms with Gasteiger partial charge in [-0.2, -0.15) is 0 Å². The van der Waals surface area contributed by atoms with E-state index in [1.54, 1.807) is 6.07 Å². The number of halogens is 1. The molecule has 0 spiro atoms. The molecule has 2 saturated heterocycles. The first kappa shape index (κ1) is 21.2. The molecule has 4 heterocycles. The van der Waals surface area contributed by atoms with Gasteiger partial charge >= 0.3 is 0 Å². The van der Waals surface area contributed by atoms with Crippen LogP contribution in [0.5, 0.6) is 0 Å². The highest BCUT2D eigenvalue weighted by atomic mass is 19.1. The summed E-state index contributed by atoms with van der Waals surface area (Å²) >= 11 is 0. The summed E-state index contributed by atoms with van der Waals surface area (Å²) in [5.74, 6) is 1.36. The maximum absolute atomic E-state index is 13.9. The monoisotopic (exact) mass is 438 g/mol. The maximum atomic E-state index is 13.9. The topological polar surface area (TPSA) is 77.2 Å². The zero-order valence-corrected chi connectivity index (χ0v) is 18.7. The van der Waals surface area contributed by atoms with Crippen LogP contribution in [0.15, 0.2) is 46.9 Å². The summed E-state index contributed by atoms with van der Waals surface area (Å²) < 4.78 is 13.9. The van der Waals surface area contributed by atoms with E-state index in [4.69, 9.17) is 10.7 Å². The quantitative estimate of drug-likeness (QED) is 0.742. The number of piperidine rings is 1. The second-order valence-electron chi connectivity index (χ2n) is 9.31. The molecule has 170 valence electrons. The Morgan fingerprint density at radius 2 is 2.06 bits per heavy atom. The van der Waals surface area contributed by atoms with Crippen molar-refractivity contribution in [2.24, 2.45) is 10.7 Å². The third-order valence-corrected chi connectivity index (χ3v) is 6.94. The predicted octanol–water partition coefficient (Wildman–Crippen LogP) is 2.51. The Hall–Kier alpha value is -2.71. The van der Waals surface area contributed by atoms with E-state index in [2.05, 4.69) is 29.5 Å². The first-order valence-electron chi connectivity index (χ1n) is 11.5. The number of nitrogens with two attached hydrogens (primary N) is 1. The van der Waals surface area contributed by atoms with Gasteiger partial charge in [0.15, 0.2) is 0 Å². The molecule has 4 aliphatic rings. The fraction of sp³-hybridized carbons (Fsp3) is 0.500. The molecule has 5 rings (SSSR count). The number of carbonyl (C=O) groups excluding carboxylic acids is 1. The number of hydrazine groups is 1. The third kappa shape index (κ3) is 3.82. The Bertz CT molecular complexity index is 1020. The van der Waals surface area contributed by atoms with Gasteiger partial charge in [-0.3, -0.25) is 9.80 Å². The number of carbonyl (C=O) groups is 1. The zero-order valence-electron chi connectivity index (χ0n) is 18.7. The second-order valence-corrected chi connectivity index (χ2v) is 9.31. The van der Waals surface area contributed by atoms with Gasteiger partial charge in [0.2, 0.25) is 0 Å². The summed E-state index contributed by atoms with van der Waals surface area (Å²) in [6.45, 7) is 6.35. The number of rotatable bonds is 2. The molecule has 3 unspecified atom stereocenters. The minimum Gasteiger partial charge on any atom is -0.355 e. The summed E-state index contributed by atoms with van der Waals surface area (Å²) in [6, 6.07) is 4.57. The fourth-order valence-electron chi connectivity index (χ4n) is 5.21. The molecule has 1 aromatic rings. The lowest BCUT2D eigenvalue weighted by atomic mass is 9.94. The number of fused-ring (bicyclic) bond motifs is 1. The highest BCUT2D eigenvalue weighted by Gasteiger charge is 2.38. The van der Waals surface area contributed by atoms with Gasteiger partial charge in [0.1, 0.15) is 17.5 Å². The van der Waals surface area contributed by atoms with Crippen LogP contribution in [0.4, 0.5) is 4.39 Å². The summed E-state index contributed by atoms with van der Waals surface area (Å²) in [5.41, 5.74) is 12.0. The van der Waals surface area contributed by atoms with Crippen LogP contribution >= 0.6 is 0 Å². The molecule has 0 bridgehead atoms. The van der Waals surface area contributed by atoms with Crippen LogP contribution in [0.3, 0.4) is 0 Å². The standard InChI is InChI=1S/C24H31FN6O/c1-15-6-7-17(25)11-19(15)24(32)30-9-4-3-5-21(30)20-12-22-27-23(16(2)13-31(22)28-20)29-10-8-18(26)14-29/h6-7,11-13,18,20-21,28H,3-5,8-10,14,26H2,1-2H3. The molecule has 2 fully saturated rings. The molecule has 4 aliphatic heterocycles. The molecule has 0 saturated carbocycles. The van der Waals surface area contributed by atoms with E-state index in [0.29, 0.717) is 12.1 Å². The SMILES string of the molecule is CC1=CN2NC(C3CCCCN3C(=O)c3cc(F)ccc3C)C=C2N=C1N1CCC(N)C1. The van der Waals surface area contributed by atoms with Gasteiger partial charge < -0.3 is 15.5 Å². The van der Waals surface area contributed by atoms with E-state index < -0.39 is 0 Å². The van der Waals surface area contributed by atoms with Crippen LogP contribution in [0, 0.1) is 12.7 Å². The first-order chi connectivity index (χ1) is 15.4. The highest BCUT2D eigenvalue weighted by molar-refractivity contribution is 5.99. The summed E-state index contributed by atoms with van der Waals surface area (Å²) in [7, 11) is 0. The normalized spacial score (nSPS) is 27.8. The number of nitrogens with one attached hydrogen (secondary N) is 1. The number of nitrogens with zero attached hydrogens (tertiary/aromatic N) is 4. The van der Waals surface area contributed by atoms with E-state index in [9.17, 15) is 9.18 Å². The molecular weight excluding hydrogens is 407 g/mol. The molecule has 3 N–H and O–H groups in total. The average molecular weight is 439 g/mol. The Kier molecular flexibility index (Phi) is 5.51. The minimum absolute atomic E-state index is 0.00965. The Balaban J connectivity index is 1.39. The summed E-state index contributed by atoms with van der Waals surface area (Å²) in [5, 5.41) is 1.96. The molecule has 0 radical (unpaired) electrons. The van der Waals surface area contributed by atoms with Gasteiger partial charge in [0, 0.05) is 43.0 Å². The number of aryl methyl sites for hydroxylation is 1. The van der Waals surface area contributed by atoms with Gasteiger partial charge in [-0.15, -0.1) is 0 Å². The van der Waals surface area contributed by atoms with Crippen molar-refractivity contribution in [1.82, 2.24) is 20.2 Å². The van der Waals surface area contributed by atoms with E-state index in [0.717, 1.165) is 61.6 Å². The average Bonchev–Trinajstić information content (AvgIpc) is 3.40. The second kappa shape index (κ2) is 8.33. The summed E-state index contributed by atoms with van der Waals surface area (Å²) in [6.07, 6.45) is 8.09. The molecule has 0 aliphatic carbocycles. The van der Waals surface area contributed by atoms with Crippen molar-refractivity contribution in [3.63, 3.8) is 0 Å². The van der Waals surface area contributed by atoms with Crippen LogP contribution in [0.2, 0.25) is 0 Å². The Labute approximate surface area is 188 Å². The van der Waals surface area contributed by atoms with Crippen molar-refractivity contribution in [3.05, 3.63) is 58.8 Å². The molecule has 1 amide bonds. The lowest BCUT2D eigenvalue weighted by Crippen LogP contribution is -2.54. The van der Waals surface area contributed by atoms with Crippen molar-refractivity contribution in [2.75, 3.05) is 19.6 Å². The first-order valence-corrected chi connectivity index (χ1v) is 11.5. The smallest absolute Gasteiger partial charge is 0.254 e. The maximum Gasteiger partial charge on any atom is 0.254 e. The van der Waals surface area contributed by atoms with Gasteiger partial charge in [-0.05, 0) is 63.3 Å². The molecule has 0 aromatic heterocycles. The zero-order chi connectivity index (χ0) is 22.4. The lowest BCUT2D eigenvalue weighted by molar-refractivity contribution is 0.0560. The van der Waals surface area contributed by atoms with Crippen LogP contribution in [0.25, 0.3) is 0 Å². The van der Waals surface area contributed by atoms with Gasteiger partial charge in [-0.1, -0.05) is 6.07 Å². The fourth-order valence-corrected chi connectivity index (χ4v) is 5.21. The largest absolute Gasteiger partial charge is 0.355 e. The number of likely N-dealkylation sites (tertiary alicyclic amines) is 2.